The molecule has 3 aromatic carbocycles. The van der Waals surface area contributed by atoms with Gasteiger partial charge in [-0.1, -0.05) is 35.9 Å². The summed E-state index contributed by atoms with van der Waals surface area (Å²) in [6.07, 6.45) is 3.84. The highest BCUT2D eigenvalue weighted by Crippen LogP contribution is 2.24. The van der Waals surface area contributed by atoms with Gasteiger partial charge in [-0.3, -0.25) is 14.9 Å². The molecule has 5 rings (SSSR count). The monoisotopic (exact) mass is 614 g/mol. The Kier molecular flexibility index (Phi) is 9.16. The lowest BCUT2D eigenvalue weighted by molar-refractivity contribution is -0.117. The molecule has 1 atom stereocenters. The maximum Gasteiger partial charge on any atom is 0.411 e. The zero-order chi connectivity index (χ0) is 31.1. The fraction of sp³-hybridized carbons (Fsp3) is 0.100. The molecule has 3 N–H and O–H groups in total. The van der Waals surface area contributed by atoms with Crippen LogP contribution in [0.2, 0.25) is 5.02 Å². The number of aromatic nitrogens is 6. The van der Waals surface area contributed by atoms with Crippen molar-refractivity contribution in [3.05, 3.63) is 123 Å². The van der Waals surface area contributed by atoms with Crippen LogP contribution in [-0.4, -0.2) is 49.5 Å². The van der Waals surface area contributed by atoms with Crippen molar-refractivity contribution in [3.63, 3.8) is 0 Å². The predicted molar refractivity (Wildman–Crippen MR) is 161 cm³/mol. The molecule has 0 aliphatic rings. The van der Waals surface area contributed by atoms with Gasteiger partial charge < -0.3 is 10.1 Å². The molecule has 0 aliphatic carbocycles. The van der Waals surface area contributed by atoms with Crippen molar-refractivity contribution < 1.29 is 18.7 Å². The first-order chi connectivity index (χ1) is 21.3. The molecular formula is C30H24ClFN8O4. The maximum atomic E-state index is 14.0. The minimum Gasteiger partial charge on any atom is -0.453 e. The van der Waals surface area contributed by atoms with Crippen LogP contribution in [0.1, 0.15) is 22.9 Å². The predicted octanol–water partition coefficient (Wildman–Crippen LogP) is 4.50. The fourth-order valence-corrected chi connectivity index (χ4v) is 4.55. The third-order valence-electron chi connectivity index (χ3n) is 6.45. The summed E-state index contributed by atoms with van der Waals surface area (Å²) in [5.74, 6) is -0.916. The highest BCUT2D eigenvalue weighted by Gasteiger charge is 2.19. The molecule has 0 spiro atoms. The van der Waals surface area contributed by atoms with Gasteiger partial charge in [-0.25, -0.2) is 14.3 Å². The second-order valence-electron chi connectivity index (χ2n) is 9.42. The summed E-state index contributed by atoms with van der Waals surface area (Å²) in [6, 6.07) is 18.3. The van der Waals surface area contributed by atoms with Crippen LogP contribution in [0.3, 0.4) is 0 Å². The second-order valence-corrected chi connectivity index (χ2v) is 9.85. The third kappa shape index (κ3) is 7.38. The molecule has 0 aliphatic heterocycles. The van der Waals surface area contributed by atoms with Crippen LogP contribution in [0.5, 0.6) is 0 Å². The van der Waals surface area contributed by atoms with Gasteiger partial charge in [-0.05, 0) is 82.6 Å². The van der Waals surface area contributed by atoms with E-state index in [9.17, 15) is 18.8 Å². The number of hydrogen-bond donors (Lipinski definition) is 3. The standard InChI is InChI=1S/C30H24ClFN8O4/c1-44-30(43)34-23-9-5-19(6-10-23)24-16-26(36-37-29(24)42)25(14-18-3-2-4-22(32)13-18)35-28(41)12-7-20-15-21(31)8-11-27(20)40-17-33-38-39-40/h2-13,15-17,25H,14H2,1H3,(H,34,43)(H,35,41)(H,37,42)/t25-/m0/s1. The van der Waals surface area contributed by atoms with E-state index < -0.39 is 29.4 Å². The number of nitrogens with one attached hydrogen (secondary N) is 3. The van der Waals surface area contributed by atoms with Crippen LogP contribution in [-0.2, 0) is 16.0 Å². The molecule has 0 fully saturated rings. The molecule has 0 saturated carbocycles. The van der Waals surface area contributed by atoms with Gasteiger partial charge in [0, 0.05) is 22.3 Å². The summed E-state index contributed by atoms with van der Waals surface area (Å²) in [5, 5.41) is 23.8. The number of benzene rings is 3. The number of methoxy groups -OCH3 is 1. The Labute approximate surface area is 254 Å². The number of halogens is 2. The molecule has 0 saturated heterocycles. The van der Waals surface area contributed by atoms with E-state index in [1.165, 1.54) is 36.3 Å². The zero-order valence-corrected chi connectivity index (χ0v) is 23.8. The average molecular weight is 615 g/mol. The summed E-state index contributed by atoms with van der Waals surface area (Å²) < 4.78 is 20.1. The van der Waals surface area contributed by atoms with Crippen LogP contribution in [0.4, 0.5) is 14.9 Å². The summed E-state index contributed by atoms with van der Waals surface area (Å²) in [7, 11) is 1.25. The van der Waals surface area contributed by atoms with E-state index >= 15 is 0 Å². The number of anilines is 1. The quantitative estimate of drug-likeness (QED) is 0.205. The number of H-pyrrole nitrogens is 1. The topological polar surface area (TPSA) is 157 Å². The molecule has 222 valence electrons. The molecule has 14 heteroatoms. The van der Waals surface area contributed by atoms with E-state index in [1.54, 1.807) is 66.7 Å². The number of hydrogen-bond acceptors (Lipinski definition) is 8. The molecule has 0 bridgehead atoms. The summed E-state index contributed by atoms with van der Waals surface area (Å²) in [5.41, 5.74) is 2.93. The highest BCUT2D eigenvalue weighted by atomic mass is 35.5. The van der Waals surface area contributed by atoms with Crippen LogP contribution in [0.25, 0.3) is 22.9 Å². The molecule has 0 unspecified atom stereocenters. The van der Waals surface area contributed by atoms with E-state index in [4.69, 9.17) is 11.6 Å². The van der Waals surface area contributed by atoms with Gasteiger partial charge in [0.05, 0.1) is 30.1 Å². The summed E-state index contributed by atoms with van der Waals surface area (Å²) >= 11 is 6.19. The van der Waals surface area contributed by atoms with Crippen LogP contribution in [0.15, 0.2) is 90.0 Å². The maximum absolute atomic E-state index is 14.0. The fourth-order valence-electron chi connectivity index (χ4n) is 4.37. The lowest BCUT2D eigenvalue weighted by atomic mass is 10.00. The molecule has 2 aromatic heterocycles. The molecule has 44 heavy (non-hydrogen) atoms. The minimum absolute atomic E-state index is 0.171. The number of carbonyl (C=O) groups excluding carboxylic acids is 2. The Morgan fingerprint density at radius 1 is 1.11 bits per heavy atom. The third-order valence-corrected chi connectivity index (χ3v) is 6.69. The van der Waals surface area contributed by atoms with E-state index in [0.29, 0.717) is 38.8 Å². The van der Waals surface area contributed by atoms with Gasteiger partial charge in [-0.15, -0.1) is 5.10 Å². The van der Waals surface area contributed by atoms with Crippen molar-refractivity contribution >= 4 is 35.4 Å². The number of ether oxygens (including phenoxy) is 1. The van der Waals surface area contributed by atoms with E-state index in [2.05, 4.69) is 41.1 Å². The van der Waals surface area contributed by atoms with Gasteiger partial charge >= 0.3 is 6.09 Å². The first kappa shape index (κ1) is 29.8. The molecule has 0 radical (unpaired) electrons. The van der Waals surface area contributed by atoms with Gasteiger partial charge in [0.15, 0.2) is 0 Å². The van der Waals surface area contributed by atoms with Crippen LogP contribution in [0, 0.1) is 5.82 Å². The Morgan fingerprint density at radius 2 is 1.93 bits per heavy atom. The summed E-state index contributed by atoms with van der Waals surface area (Å²) in [6.45, 7) is 0. The number of aromatic amines is 1. The molecular weight excluding hydrogens is 591 g/mol. The van der Waals surface area contributed by atoms with E-state index in [1.807, 2.05) is 0 Å². The normalized spacial score (nSPS) is 11.7. The Morgan fingerprint density at radius 3 is 2.66 bits per heavy atom. The molecule has 2 heterocycles. The van der Waals surface area contributed by atoms with Gasteiger partial charge in [0.1, 0.15) is 12.1 Å². The van der Waals surface area contributed by atoms with Crippen LogP contribution >= 0.6 is 11.6 Å². The number of carbonyl (C=O) groups is 2. The lowest BCUT2D eigenvalue weighted by Crippen LogP contribution is -2.30. The molecule has 2 amide bonds. The van der Waals surface area contributed by atoms with Crippen molar-refractivity contribution in [1.29, 1.82) is 0 Å². The first-order valence-corrected chi connectivity index (χ1v) is 13.5. The largest absolute Gasteiger partial charge is 0.453 e. The number of nitrogens with zero attached hydrogens (tertiary/aromatic N) is 5. The van der Waals surface area contributed by atoms with Crippen molar-refractivity contribution in [2.75, 3.05) is 12.4 Å². The zero-order valence-electron chi connectivity index (χ0n) is 23.1. The van der Waals surface area contributed by atoms with Gasteiger partial charge in [0.2, 0.25) is 5.91 Å². The SMILES string of the molecule is COC(=O)Nc1ccc(-c2cc([C@H](Cc3cccc(F)c3)NC(=O)C=Cc3cc(Cl)ccc3-n3cnnn3)n[nH]c2=O)cc1. The highest BCUT2D eigenvalue weighted by molar-refractivity contribution is 6.30. The smallest absolute Gasteiger partial charge is 0.411 e. The van der Waals surface area contributed by atoms with Crippen LogP contribution < -0.4 is 16.2 Å². The average Bonchev–Trinajstić information content (AvgIpc) is 3.55. The Hall–Kier alpha value is -5.69. The number of amides is 2. The van der Waals surface area contributed by atoms with Crippen molar-refractivity contribution in [3.8, 4) is 16.8 Å². The van der Waals surface area contributed by atoms with Gasteiger partial charge in [-0.2, -0.15) is 9.78 Å². The van der Waals surface area contributed by atoms with Gasteiger partial charge in [0.25, 0.3) is 5.56 Å². The second kappa shape index (κ2) is 13.5. The number of rotatable bonds is 9. The summed E-state index contributed by atoms with van der Waals surface area (Å²) in [4.78, 5) is 37.5. The van der Waals surface area contributed by atoms with Crippen molar-refractivity contribution in [1.82, 2.24) is 35.7 Å². The van der Waals surface area contributed by atoms with Crippen molar-refractivity contribution in [2.24, 2.45) is 0 Å². The van der Waals surface area contributed by atoms with Crippen molar-refractivity contribution in [2.45, 2.75) is 12.5 Å². The Bertz CT molecular complexity index is 1880. The van der Waals surface area contributed by atoms with E-state index in [0.717, 1.165) is 0 Å². The molecule has 12 nitrogen and oxygen atoms in total. The Balaban J connectivity index is 1.44. The van der Waals surface area contributed by atoms with E-state index in [-0.39, 0.29) is 12.0 Å². The first-order valence-electron chi connectivity index (χ1n) is 13.1. The number of tetrazole rings is 1. The lowest BCUT2D eigenvalue weighted by Gasteiger charge is -2.18. The minimum atomic E-state index is -0.761. The molecule has 5 aromatic rings.